The zero-order valence-corrected chi connectivity index (χ0v) is 18.3. The lowest BCUT2D eigenvalue weighted by Crippen LogP contribution is -2.57. The summed E-state index contributed by atoms with van der Waals surface area (Å²) in [5.74, 6) is -0.480. The molecule has 1 unspecified atom stereocenters. The molecule has 0 aliphatic carbocycles. The van der Waals surface area contributed by atoms with Gasteiger partial charge in [-0.2, -0.15) is 0 Å². The Balaban J connectivity index is 5.41. The van der Waals surface area contributed by atoms with Crippen molar-refractivity contribution in [2.45, 2.75) is 112 Å². The maximum Gasteiger partial charge on any atom is 0.289 e. The van der Waals surface area contributed by atoms with E-state index in [4.69, 9.17) is 14.2 Å². The highest BCUT2D eigenvalue weighted by Crippen LogP contribution is 2.50. The molecule has 0 N–H and O–H groups in total. The van der Waals surface area contributed by atoms with Crippen LogP contribution >= 0.6 is 0 Å². The first-order chi connectivity index (χ1) is 12.0. The molecule has 25 heavy (non-hydrogen) atoms. The molecular formula is C22H46O3. The molecule has 0 aliphatic heterocycles. The summed E-state index contributed by atoms with van der Waals surface area (Å²) in [6.07, 6.45) is 11.1. The minimum atomic E-state index is -0.918. The van der Waals surface area contributed by atoms with Gasteiger partial charge < -0.3 is 14.2 Å². The minimum absolute atomic E-state index is 0.103. The molecule has 3 nitrogen and oxygen atoms in total. The van der Waals surface area contributed by atoms with Crippen molar-refractivity contribution in [1.29, 1.82) is 0 Å². The average molecular weight is 359 g/mol. The van der Waals surface area contributed by atoms with Crippen LogP contribution in [0.2, 0.25) is 0 Å². The van der Waals surface area contributed by atoms with Gasteiger partial charge in [0.25, 0.3) is 5.97 Å². The van der Waals surface area contributed by atoms with E-state index in [0.29, 0.717) is 25.7 Å². The molecule has 0 saturated heterocycles. The first-order valence-corrected chi connectivity index (χ1v) is 10.9. The fourth-order valence-corrected chi connectivity index (χ4v) is 4.16. The van der Waals surface area contributed by atoms with Crippen molar-refractivity contribution >= 4 is 0 Å². The summed E-state index contributed by atoms with van der Waals surface area (Å²) >= 11 is 0. The molecule has 152 valence electrons. The summed E-state index contributed by atoms with van der Waals surface area (Å²) in [5.41, 5.74) is -0.103. The van der Waals surface area contributed by atoms with Crippen LogP contribution in [-0.4, -0.2) is 25.8 Å². The Morgan fingerprint density at radius 3 is 1.48 bits per heavy atom. The van der Waals surface area contributed by atoms with Gasteiger partial charge in [0, 0.05) is 19.8 Å². The van der Waals surface area contributed by atoms with Gasteiger partial charge in [0.15, 0.2) is 0 Å². The van der Waals surface area contributed by atoms with Gasteiger partial charge in [-0.3, -0.25) is 0 Å². The molecule has 0 spiro atoms. The number of hydrogen-bond donors (Lipinski definition) is 0. The van der Waals surface area contributed by atoms with Crippen molar-refractivity contribution in [3.8, 4) is 0 Å². The van der Waals surface area contributed by atoms with Crippen LogP contribution in [0.4, 0.5) is 0 Å². The van der Waals surface area contributed by atoms with E-state index in [1.807, 2.05) is 20.8 Å². The Labute approximate surface area is 158 Å². The fourth-order valence-electron chi connectivity index (χ4n) is 4.16. The second-order valence-electron chi connectivity index (χ2n) is 7.43. The maximum absolute atomic E-state index is 6.24. The number of rotatable bonds is 17. The monoisotopic (exact) mass is 358 g/mol. The van der Waals surface area contributed by atoms with E-state index in [2.05, 4.69) is 27.7 Å². The van der Waals surface area contributed by atoms with Gasteiger partial charge in [-0.15, -0.1) is 0 Å². The Morgan fingerprint density at radius 1 is 0.600 bits per heavy atom. The molecule has 0 fully saturated rings. The normalized spacial score (nSPS) is 14.9. The fraction of sp³-hybridized carbons (Fsp3) is 1.00. The van der Waals surface area contributed by atoms with E-state index in [9.17, 15) is 0 Å². The highest BCUT2D eigenvalue weighted by atomic mass is 16.9. The highest BCUT2D eigenvalue weighted by Gasteiger charge is 2.55. The van der Waals surface area contributed by atoms with Crippen molar-refractivity contribution < 1.29 is 14.2 Å². The van der Waals surface area contributed by atoms with Crippen molar-refractivity contribution in [2.75, 3.05) is 19.8 Å². The Kier molecular flexibility index (Phi) is 13.9. The third-order valence-corrected chi connectivity index (χ3v) is 5.39. The van der Waals surface area contributed by atoms with Crippen LogP contribution in [0.5, 0.6) is 0 Å². The molecule has 0 amide bonds. The molecule has 0 rings (SSSR count). The molecule has 0 aromatic rings. The molecule has 0 bridgehead atoms. The lowest BCUT2D eigenvalue weighted by Gasteiger charge is -2.51. The van der Waals surface area contributed by atoms with Crippen molar-refractivity contribution in [1.82, 2.24) is 0 Å². The van der Waals surface area contributed by atoms with Gasteiger partial charge in [0.1, 0.15) is 0 Å². The quantitative estimate of drug-likeness (QED) is 0.208. The molecule has 0 aromatic heterocycles. The van der Waals surface area contributed by atoms with Crippen molar-refractivity contribution in [3.05, 3.63) is 0 Å². The molecular weight excluding hydrogens is 312 g/mol. The number of unbranched alkanes of at least 4 members (excludes halogenated alkanes) is 5. The van der Waals surface area contributed by atoms with Gasteiger partial charge in [-0.25, -0.2) is 0 Å². The molecule has 0 heterocycles. The van der Waals surface area contributed by atoms with E-state index < -0.39 is 5.97 Å². The first kappa shape index (κ1) is 24.9. The van der Waals surface area contributed by atoms with Crippen LogP contribution in [0.15, 0.2) is 0 Å². The van der Waals surface area contributed by atoms with Crippen molar-refractivity contribution in [2.24, 2.45) is 11.3 Å². The molecule has 3 heteroatoms. The molecule has 1 atom stereocenters. The van der Waals surface area contributed by atoms with E-state index in [0.717, 1.165) is 19.3 Å². The van der Waals surface area contributed by atoms with E-state index in [1.165, 1.54) is 38.5 Å². The van der Waals surface area contributed by atoms with Crippen LogP contribution in [0.25, 0.3) is 0 Å². The predicted octanol–water partition coefficient (Wildman–Crippen LogP) is 6.94. The summed E-state index contributed by atoms with van der Waals surface area (Å²) in [5, 5.41) is 0. The lowest BCUT2D eigenvalue weighted by atomic mass is 9.67. The first-order valence-electron chi connectivity index (χ1n) is 10.9. The van der Waals surface area contributed by atoms with Gasteiger partial charge in [-0.05, 0) is 39.5 Å². The van der Waals surface area contributed by atoms with Gasteiger partial charge in [0.05, 0.1) is 5.41 Å². The lowest BCUT2D eigenvalue weighted by molar-refractivity contribution is -0.437. The highest BCUT2D eigenvalue weighted by molar-refractivity contribution is 4.91. The Bertz CT molecular complexity index is 287. The third-order valence-electron chi connectivity index (χ3n) is 5.39. The standard InChI is InChI=1S/C22H46O3/c1-8-13-14-15-16-17-19-21(18-9-2,20(6)7)22(23-10-3,24-11-4)25-12-5/h20H,8-19H2,1-7H3. The summed E-state index contributed by atoms with van der Waals surface area (Å²) in [6.45, 7) is 17.1. The Hall–Kier alpha value is -0.120. The summed E-state index contributed by atoms with van der Waals surface area (Å²) in [7, 11) is 0. The zero-order valence-electron chi connectivity index (χ0n) is 18.3. The van der Waals surface area contributed by atoms with Crippen LogP contribution in [0, 0.1) is 11.3 Å². The largest absolute Gasteiger partial charge is 0.327 e. The molecule has 0 aliphatic rings. The van der Waals surface area contributed by atoms with Crippen LogP contribution in [-0.2, 0) is 14.2 Å². The second kappa shape index (κ2) is 14.0. The van der Waals surface area contributed by atoms with Gasteiger partial charge in [0.2, 0.25) is 0 Å². The maximum atomic E-state index is 6.24. The topological polar surface area (TPSA) is 27.7 Å². The minimum Gasteiger partial charge on any atom is -0.327 e. The van der Waals surface area contributed by atoms with E-state index in [1.54, 1.807) is 0 Å². The predicted molar refractivity (Wildman–Crippen MR) is 108 cm³/mol. The average Bonchev–Trinajstić information content (AvgIpc) is 2.57. The van der Waals surface area contributed by atoms with E-state index in [-0.39, 0.29) is 5.41 Å². The Morgan fingerprint density at radius 2 is 1.08 bits per heavy atom. The SMILES string of the molecule is CCCCCCCCC(CCC)(C(C)C)C(OCC)(OCC)OCC. The van der Waals surface area contributed by atoms with Crippen molar-refractivity contribution in [3.63, 3.8) is 0 Å². The zero-order chi connectivity index (χ0) is 19.2. The van der Waals surface area contributed by atoms with E-state index >= 15 is 0 Å². The third kappa shape index (κ3) is 7.19. The van der Waals surface area contributed by atoms with Crippen LogP contribution < -0.4 is 0 Å². The number of ether oxygens (including phenoxy) is 3. The van der Waals surface area contributed by atoms with Gasteiger partial charge >= 0.3 is 0 Å². The summed E-state index contributed by atoms with van der Waals surface area (Å²) in [6, 6.07) is 0. The summed E-state index contributed by atoms with van der Waals surface area (Å²) in [4.78, 5) is 0. The molecule has 0 aromatic carbocycles. The van der Waals surface area contributed by atoms with Crippen LogP contribution in [0.1, 0.15) is 106 Å². The summed E-state index contributed by atoms with van der Waals surface area (Å²) < 4.78 is 18.7. The number of hydrogen-bond acceptors (Lipinski definition) is 3. The van der Waals surface area contributed by atoms with Crippen LogP contribution in [0.3, 0.4) is 0 Å². The second-order valence-corrected chi connectivity index (χ2v) is 7.43. The molecule has 0 radical (unpaired) electrons. The molecule has 0 saturated carbocycles. The smallest absolute Gasteiger partial charge is 0.289 e. The van der Waals surface area contributed by atoms with Gasteiger partial charge in [-0.1, -0.05) is 72.6 Å².